The highest BCUT2D eigenvalue weighted by Gasteiger charge is 2.15. The summed E-state index contributed by atoms with van der Waals surface area (Å²) in [7, 11) is 0. The van der Waals surface area contributed by atoms with Gasteiger partial charge in [0.1, 0.15) is 5.82 Å². The van der Waals surface area contributed by atoms with E-state index >= 15 is 0 Å². The summed E-state index contributed by atoms with van der Waals surface area (Å²) in [6, 6.07) is 4.56. The molecule has 0 saturated heterocycles. The summed E-state index contributed by atoms with van der Waals surface area (Å²) in [6.45, 7) is 3.38. The van der Waals surface area contributed by atoms with Crippen molar-refractivity contribution in [3.63, 3.8) is 0 Å². The van der Waals surface area contributed by atoms with Crippen molar-refractivity contribution in [2.45, 2.75) is 32.7 Å². The minimum Gasteiger partial charge on any atom is -0.396 e. The van der Waals surface area contributed by atoms with Gasteiger partial charge in [0.15, 0.2) is 5.78 Å². The van der Waals surface area contributed by atoms with E-state index in [2.05, 4.69) is 5.32 Å². The molecule has 1 aromatic carbocycles. The fraction of sp³-hybridized carbons (Fsp3) is 0.462. The monoisotopic (exact) mass is 239 g/mol. The van der Waals surface area contributed by atoms with Crippen LogP contribution >= 0.6 is 0 Å². The van der Waals surface area contributed by atoms with Gasteiger partial charge in [-0.25, -0.2) is 4.39 Å². The average molecular weight is 239 g/mol. The molecule has 0 aliphatic rings. The number of rotatable bonds is 6. The lowest BCUT2D eigenvalue weighted by molar-refractivity contribution is 0.101. The number of hydrogen-bond acceptors (Lipinski definition) is 3. The van der Waals surface area contributed by atoms with E-state index in [9.17, 15) is 9.18 Å². The number of ketones is 1. The van der Waals surface area contributed by atoms with Crippen LogP contribution in [0.3, 0.4) is 0 Å². The summed E-state index contributed by atoms with van der Waals surface area (Å²) < 4.78 is 13.5. The number of nitrogens with one attached hydrogen (secondary N) is 1. The van der Waals surface area contributed by atoms with E-state index in [4.69, 9.17) is 5.11 Å². The molecule has 0 fully saturated rings. The molecule has 0 aliphatic carbocycles. The third kappa shape index (κ3) is 3.53. The molecule has 1 aromatic rings. The summed E-state index contributed by atoms with van der Waals surface area (Å²) in [5.74, 6) is -0.814. The number of Topliss-reactive ketones (excluding diaryl/α,β-unsaturated/α-hetero) is 1. The Morgan fingerprint density at radius 3 is 2.76 bits per heavy atom. The lowest BCUT2D eigenvalue weighted by Gasteiger charge is -2.19. The Hall–Kier alpha value is -1.42. The highest BCUT2D eigenvalue weighted by Crippen LogP contribution is 2.21. The molecule has 0 aromatic heterocycles. The molecule has 0 heterocycles. The molecule has 1 atom stereocenters. The predicted octanol–water partition coefficient (Wildman–Crippen LogP) is 2.60. The summed E-state index contributed by atoms with van der Waals surface area (Å²) in [5, 5.41) is 12.0. The van der Waals surface area contributed by atoms with Crippen molar-refractivity contribution in [3.05, 3.63) is 29.6 Å². The number of halogens is 1. The molecule has 0 saturated carbocycles. The van der Waals surface area contributed by atoms with Gasteiger partial charge in [0, 0.05) is 18.3 Å². The van der Waals surface area contributed by atoms with Gasteiger partial charge in [-0.15, -0.1) is 0 Å². The topological polar surface area (TPSA) is 49.3 Å². The minimum absolute atomic E-state index is 0.0416. The van der Waals surface area contributed by atoms with Crippen molar-refractivity contribution in [2.75, 3.05) is 11.9 Å². The van der Waals surface area contributed by atoms with Gasteiger partial charge in [-0.3, -0.25) is 4.79 Å². The van der Waals surface area contributed by atoms with E-state index in [0.717, 1.165) is 6.42 Å². The number of carbonyl (C=O) groups is 1. The summed E-state index contributed by atoms with van der Waals surface area (Å²) in [5.41, 5.74) is 0.585. The van der Waals surface area contributed by atoms with Crippen LogP contribution in [0.5, 0.6) is 0 Å². The molecule has 4 heteroatoms. The Labute approximate surface area is 101 Å². The van der Waals surface area contributed by atoms with Crippen LogP contribution in [0.1, 0.15) is 37.0 Å². The molecule has 17 heavy (non-hydrogen) atoms. The number of carbonyl (C=O) groups excluding carboxylic acids is 1. The fourth-order valence-corrected chi connectivity index (χ4v) is 1.76. The molecule has 0 radical (unpaired) electrons. The standard InChI is InChI=1S/C13H18FNO2/c1-3-10(7-8-16)15-12-6-4-5-11(14)13(12)9(2)17/h4-6,10,15-16H,3,7-8H2,1-2H3. The molecule has 0 aliphatic heterocycles. The van der Waals surface area contributed by atoms with Gasteiger partial charge >= 0.3 is 0 Å². The quantitative estimate of drug-likeness (QED) is 0.750. The van der Waals surface area contributed by atoms with Crippen LogP contribution in [-0.2, 0) is 0 Å². The largest absolute Gasteiger partial charge is 0.396 e. The van der Waals surface area contributed by atoms with Crippen molar-refractivity contribution in [1.82, 2.24) is 0 Å². The zero-order valence-corrected chi connectivity index (χ0v) is 10.2. The Balaban J connectivity index is 2.97. The molecule has 3 nitrogen and oxygen atoms in total. The maximum atomic E-state index is 13.5. The van der Waals surface area contributed by atoms with Crippen molar-refractivity contribution in [3.8, 4) is 0 Å². The third-order valence-corrected chi connectivity index (χ3v) is 2.70. The molecule has 1 unspecified atom stereocenters. The van der Waals surface area contributed by atoms with Crippen molar-refractivity contribution in [1.29, 1.82) is 0 Å². The molecule has 94 valence electrons. The fourth-order valence-electron chi connectivity index (χ4n) is 1.76. The summed E-state index contributed by atoms with van der Waals surface area (Å²) >= 11 is 0. The molecule has 1 rings (SSSR count). The Morgan fingerprint density at radius 1 is 1.53 bits per heavy atom. The lowest BCUT2D eigenvalue weighted by atomic mass is 10.1. The zero-order chi connectivity index (χ0) is 12.8. The molecule has 0 bridgehead atoms. The van der Waals surface area contributed by atoms with Crippen LogP contribution < -0.4 is 5.32 Å². The second-order valence-electron chi connectivity index (χ2n) is 3.98. The minimum atomic E-state index is -0.513. The number of benzene rings is 1. The molecule has 2 N–H and O–H groups in total. The van der Waals surface area contributed by atoms with Crippen molar-refractivity contribution >= 4 is 11.5 Å². The van der Waals surface area contributed by atoms with Gasteiger partial charge < -0.3 is 10.4 Å². The number of aliphatic hydroxyl groups excluding tert-OH is 1. The Morgan fingerprint density at radius 2 is 2.24 bits per heavy atom. The first-order valence-electron chi connectivity index (χ1n) is 5.77. The average Bonchev–Trinajstić information content (AvgIpc) is 2.28. The predicted molar refractivity (Wildman–Crippen MR) is 65.8 cm³/mol. The number of anilines is 1. The lowest BCUT2D eigenvalue weighted by Crippen LogP contribution is -2.21. The van der Waals surface area contributed by atoms with Gasteiger partial charge in [0.05, 0.1) is 5.56 Å². The van der Waals surface area contributed by atoms with Gasteiger partial charge in [0.2, 0.25) is 0 Å². The number of hydrogen-bond donors (Lipinski definition) is 2. The molecule has 0 spiro atoms. The van der Waals surface area contributed by atoms with Crippen LogP contribution in [0, 0.1) is 5.82 Å². The van der Waals surface area contributed by atoms with Crippen LogP contribution in [-0.4, -0.2) is 23.5 Å². The SMILES string of the molecule is CCC(CCO)Nc1cccc(F)c1C(C)=O. The summed E-state index contributed by atoms with van der Waals surface area (Å²) in [4.78, 5) is 11.4. The van der Waals surface area contributed by atoms with Gasteiger partial charge in [0.25, 0.3) is 0 Å². The first-order chi connectivity index (χ1) is 8.10. The van der Waals surface area contributed by atoms with E-state index in [1.807, 2.05) is 6.92 Å². The van der Waals surface area contributed by atoms with E-state index in [-0.39, 0.29) is 24.0 Å². The van der Waals surface area contributed by atoms with Gasteiger partial charge in [-0.2, -0.15) is 0 Å². The smallest absolute Gasteiger partial charge is 0.164 e. The first kappa shape index (κ1) is 13.6. The van der Waals surface area contributed by atoms with Crippen LogP contribution in [0.15, 0.2) is 18.2 Å². The normalized spacial score (nSPS) is 12.2. The highest BCUT2D eigenvalue weighted by molar-refractivity contribution is 5.99. The highest BCUT2D eigenvalue weighted by atomic mass is 19.1. The van der Waals surface area contributed by atoms with Crippen molar-refractivity contribution in [2.24, 2.45) is 0 Å². The van der Waals surface area contributed by atoms with Crippen LogP contribution in [0.4, 0.5) is 10.1 Å². The van der Waals surface area contributed by atoms with Gasteiger partial charge in [-0.1, -0.05) is 13.0 Å². The molecule has 0 amide bonds. The number of aliphatic hydroxyl groups is 1. The van der Waals surface area contributed by atoms with Crippen molar-refractivity contribution < 1.29 is 14.3 Å². The first-order valence-corrected chi connectivity index (χ1v) is 5.77. The Kier molecular flexibility index (Phi) is 5.10. The zero-order valence-electron chi connectivity index (χ0n) is 10.2. The maximum Gasteiger partial charge on any atom is 0.164 e. The van der Waals surface area contributed by atoms with Gasteiger partial charge in [-0.05, 0) is 31.9 Å². The van der Waals surface area contributed by atoms with E-state index < -0.39 is 5.82 Å². The van der Waals surface area contributed by atoms with E-state index in [1.165, 1.54) is 13.0 Å². The maximum absolute atomic E-state index is 13.5. The van der Waals surface area contributed by atoms with E-state index in [0.29, 0.717) is 12.1 Å². The summed E-state index contributed by atoms with van der Waals surface area (Å²) in [6.07, 6.45) is 1.37. The van der Waals surface area contributed by atoms with E-state index in [1.54, 1.807) is 12.1 Å². The Bertz CT molecular complexity index is 393. The van der Waals surface area contributed by atoms with Crippen LogP contribution in [0.2, 0.25) is 0 Å². The second kappa shape index (κ2) is 6.35. The van der Waals surface area contributed by atoms with Crippen LogP contribution in [0.25, 0.3) is 0 Å². The third-order valence-electron chi connectivity index (χ3n) is 2.70. The second-order valence-corrected chi connectivity index (χ2v) is 3.98. The molecular formula is C13H18FNO2. The molecular weight excluding hydrogens is 221 g/mol.